The first-order valence-corrected chi connectivity index (χ1v) is 17.2. The predicted molar refractivity (Wildman–Crippen MR) is 192 cm³/mol. The molecule has 11 nitrogen and oxygen atoms in total. The van der Waals surface area contributed by atoms with Gasteiger partial charge in [0.25, 0.3) is 0 Å². The number of amides is 2. The summed E-state index contributed by atoms with van der Waals surface area (Å²) in [5.74, 6) is -0.444. The van der Waals surface area contributed by atoms with E-state index in [9.17, 15) is 24.9 Å². The third-order valence-corrected chi connectivity index (χ3v) is 8.93. The fourth-order valence-electron chi connectivity index (χ4n) is 6.18. The van der Waals surface area contributed by atoms with Crippen molar-refractivity contribution < 1.29 is 39.1 Å². The van der Waals surface area contributed by atoms with E-state index < -0.39 is 24.4 Å². The zero-order valence-corrected chi connectivity index (χ0v) is 29.2. The van der Waals surface area contributed by atoms with Gasteiger partial charge in [-0.25, -0.2) is 4.79 Å². The van der Waals surface area contributed by atoms with Gasteiger partial charge in [0.1, 0.15) is 12.3 Å². The molecule has 270 valence electrons. The van der Waals surface area contributed by atoms with Crippen molar-refractivity contribution in [3.05, 3.63) is 125 Å². The first-order chi connectivity index (χ1) is 24.6. The van der Waals surface area contributed by atoms with Crippen LogP contribution in [0.5, 0.6) is 5.75 Å². The topological polar surface area (TPSA) is 150 Å². The van der Waals surface area contributed by atoms with E-state index in [1.807, 2.05) is 84.7 Å². The standard InChI is InChI=1S/C40H47N3O8/c1-4-49-37(47)22-42-40(48)41-21-28-8-5-9-30(18-28)31-10-6-12-33(19-31)39-50-36(24-43(3)23-35(46)32-11-7-13-34(45)20-32)26(2)38(51-39)29-16-14-27(25-44)15-17-29/h5-20,26,35-36,38-39,44-46H,4,21-25H2,1-3H3,(H2,41,42,48). The van der Waals surface area contributed by atoms with Crippen LogP contribution in [-0.4, -0.2) is 71.6 Å². The summed E-state index contributed by atoms with van der Waals surface area (Å²) in [7, 11) is 1.93. The van der Waals surface area contributed by atoms with Gasteiger partial charge in [-0.2, -0.15) is 0 Å². The largest absolute Gasteiger partial charge is 0.508 e. The maximum Gasteiger partial charge on any atom is 0.325 e. The molecule has 5 rings (SSSR count). The van der Waals surface area contributed by atoms with E-state index in [-0.39, 0.29) is 50.2 Å². The van der Waals surface area contributed by atoms with Crippen LogP contribution in [0.25, 0.3) is 11.1 Å². The average molecular weight is 698 g/mol. The van der Waals surface area contributed by atoms with Crippen molar-refractivity contribution in [2.24, 2.45) is 5.92 Å². The first-order valence-electron chi connectivity index (χ1n) is 17.2. The minimum absolute atomic E-state index is 0.0469. The summed E-state index contributed by atoms with van der Waals surface area (Å²) >= 11 is 0. The maximum absolute atomic E-state index is 12.2. The van der Waals surface area contributed by atoms with E-state index in [0.29, 0.717) is 18.7 Å². The van der Waals surface area contributed by atoms with Gasteiger partial charge in [0.15, 0.2) is 6.29 Å². The van der Waals surface area contributed by atoms with Crippen molar-refractivity contribution >= 4 is 12.0 Å². The molecule has 1 aliphatic rings. The van der Waals surface area contributed by atoms with Crippen molar-refractivity contribution in [3.63, 3.8) is 0 Å². The summed E-state index contributed by atoms with van der Waals surface area (Å²) in [5.41, 5.74) is 6.03. The van der Waals surface area contributed by atoms with Crippen molar-refractivity contribution in [2.75, 3.05) is 33.3 Å². The quantitative estimate of drug-likeness (QED) is 0.110. The van der Waals surface area contributed by atoms with Crippen LogP contribution in [0.3, 0.4) is 0 Å². The number of aromatic hydroxyl groups is 1. The Morgan fingerprint density at radius 3 is 2.33 bits per heavy atom. The Kier molecular flexibility index (Phi) is 13.2. The molecule has 1 aliphatic heterocycles. The maximum atomic E-state index is 12.2. The fourth-order valence-corrected chi connectivity index (χ4v) is 6.18. The van der Waals surface area contributed by atoms with Gasteiger partial charge in [-0.1, -0.05) is 79.7 Å². The van der Waals surface area contributed by atoms with Crippen LogP contribution in [0, 0.1) is 5.92 Å². The number of phenolic OH excluding ortho intramolecular Hbond substituents is 1. The molecular weight excluding hydrogens is 650 g/mol. The lowest BCUT2D eigenvalue weighted by atomic mass is 9.89. The van der Waals surface area contributed by atoms with Crippen molar-refractivity contribution in [1.82, 2.24) is 15.5 Å². The Bertz CT molecular complexity index is 1750. The van der Waals surface area contributed by atoms with Crippen LogP contribution in [-0.2, 0) is 32.2 Å². The van der Waals surface area contributed by atoms with Gasteiger partial charge in [-0.15, -0.1) is 0 Å². The summed E-state index contributed by atoms with van der Waals surface area (Å²) in [4.78, 5) is 25.8. The molecule has 4 aromatic carbocycles. The van der Waals surface area contributed by atoms with E-state index >= 15 is 0 Å². The molecule has 1 heterocycles. The number of carbonyl (C=O) groups is 2. The summed E-state index contributed by atoms with van der Waals surface area (Å²) in [6.07, 6.45) is -2.05. The van der Waals surface area contributed by atoms with Crippen LogP contribution < -0.4 is 10.6 Å². The molecule has 0 bridgehead atoms. The highest BCUT2D eigenvalue weighted by Gasteiger charge is 2.39. The molecule has 0 radical (unpaired) electrons. The average Bonchev–Trinajstić information content (AvgIpc) is 3.14. The number of urea groups is 1. The number of nitrogens with one attached hydrogen (secondary N) is 2. The van der Waals surface area contributed by atoms with Gasteiger partial charge in [0, 0.05) is 31.1 Å². The number of aliphatic hydroxyl groups excluding tert-OH is 2. The molecule has 4 aromatic rings. The molecule has 11 heteroatoms. The number of rotatable bonds is 14. The minimum Gasteiger partial charge on any atom is -0.508 e. The Morgan fingerprint density at radius 1 is 0.882 bits per heavy atom. The monoisotopic (exact) mass is 697 g/mol. The lowest BCUT2D eigenvalue weighted by Crippen LogP contribution is -2.44. The highest BCUT2D eigenvalue weighted by Crippen LogP contribution is 2.42. The minimum atomic E-state index is -0.795. The van der Waals surface area contributed by atoms with Gasteiger partial charge in [0.05, 0.1) is 31.5 Å². The van der Waals surface area contributed by atoms with Gasteiger partial charge in [0.2, 0.25) is 0 Å². The number of benzene rings is 4. The number of nitrogens with zero attached hydrogens (tertiary/aromatic N) is 1. The van der Waals surface area contributed by atoms with Crippen LogP contribution in [0.2, 0.25) is 0 Å². The second-order valence-electron chi connectivity index (χ2n) is 12.8. The third-order valence-electron chi connectivity index (χ3n) is 8.93. The second kappa shape index (κ2) is 17.9. The van der Waals surface area contributed by atoms with E-state index in [1.54, 1.807) is 31.2 Å². The van der Waals surface area contributed by atoms with Crippen LogP contribution in [0.4, 0.5) is 4.79 Å². The normalized spacial score (nSPS) is 19.3. The lowest BCUT2D eigenvalue weighted by Gasteiger charge is -2.42. The third kappa shape index (κ3) is 10.4. The smallest absolute Gasteiger partial charge is 0.325 e. The number of likely N-dealkylation sites (N-methyl/N-ethyl adjacent to an activating group) is 1. The Balaban J connectivity index is 1.32. The lowest BCUT2D eigenvalue weighted by molar-refractivity contribution is -0.276. The van der Waals surface area contributed by atoms with Crippen LogP contribution >= 0.6 is 0 Å². The fraction of sp³-hybridized carbons (Fsp3) is 0.350. The van der Waals surface area contributed by atoms with Gasteiger partial charge in [-0.05, 0) is 71.6 Å². The zero-order chi connectivity index (χ0) is 36.3. The Hall–Kier alpha value is -4.78. The number of esters is 1. The molecule has 2 amide bonds. The number of ether oxygens (including phenoxy) is 3. The van der Waals surface area contributed by atoms with Crippen LogP contribution in [0.15, 0.2) is 97.1 Å². The highest BCUT2D eigenvalue weighted by molar-refractivity contribution is 5.80. The molecular formula is C40H47N3O8. The van der Waals surface area contributed by atoms with Gasteiger partial charge < -0.3 is 45.1 Å². The van der Waals surface area contributed by atoms with E-state index in [2.05, 4.69) is 17.6 Å². The van der Waals surface area contributed by atoms with E-state index in [4.69, 9.17) is 14.2 Å². The molecule has 0 aromatic heterocycles. The SMILES string of the molecule is CCOC(=O)CNC(=O)NCc1cccc(-c2cccc(C3OC(CN(C)CC(O)c4cccc(O)c4)C(C)C(c4ccc(CO)cc4)O3)c2)c1. The Morgan fingerprint density at radius 2 is 1.61 bits per heavy atom. The van der Waals surface area contributed by atoms with E-state index in [0.717, 1.165) is 33.4 Å². The highest BCUT2D eigenvalue weighted by atomic mass is 16.7. The molecule has 1 fully saturated rings. The molecule has 0 spiro atoms. The van der Waals surface area contributed by atoms with Crippen LogP contribution in [0.1, 0.15) is 60.2 Å². The summed E-state index contributed by atoms with van der Waals surface area (Å²) in [6.45, 7) is 4.92. The van der Waals surface area contributed by atoms with Gasteiger partial charge in [-0.3, -0.25) is 4.79 Å². The number of phenols is 1. The number of aliphatic hydroxyl groups is 2. The molecule has 5 N–H and O–H groups in total. The van der Waals surface area contributed by atoms with Crippen molar-refractivity contribution in [2.45, 2.75) is 51.6 Å². The second-order valence-corrected chi connectivity index (χ2v) is 12.8. The van der Waals surface area contributed by atoms with Gasteiger partial charge >= 0.3 is 12.0 Å². The van der Waals surface area contributed by atoms with E-state index in [1.165, 1.54) is 0 Å². The Labute approximate surface area is 298 Å². The number of carbonyl (C=O) groups excluding carboxylic acids is 2. The molecule has 5 atom stereocenters. The summed E-state index contributed by atoms with van der Waals surface area (Å²) in [5, 5.41) is 35.7. The molecule has 0 aliphatic carbocycles. The first kappa shape index (κ1) is 37.5. The number of hydrogen-bond donors (Lipinski definition) is 5. The zero-order valence-electron chi connectivity index (χ0n) is 29.2. The molecule has 51 heavy (non-hydrogen) atoms. The predicted octanol–water partition coefficient (Wildman–Crippen LogP) is 5.37. The molecule has 1 saturated heterocycles. The molecule has 5 unspecified atom stereocenters. The summed E-state index contributed by atoms with van der Waals surface area (Å²) in [6, 6.07) is 29.7. The number of hydrogen-bond acceptors (Lipinski definition) is 9. The van der Waals surface area contributed by atoms with Crippen molar-refractivity contribution in [3.8, 4) is 16.9 Å². The molecule has 0 saturated carbocycles. The summed E-state index contributed by atoms with van der Waals surface area (Å²) < 4.78 is 18.2. The van der Waals surface area contributed by atoms with Crippen molar-refractivity contribution in [1.29, 1.82) is 0 Å².